The minimum atomic E-state index is -1.04. The first-order valence-corrected chi connectivity index (χ1v) is 8.97. The lowest BCUT2D eigenvalue weighted by Gasteiger charge is -2.27. The van der Waals surface area contributed by atoms with Crippen molar-refractivity contribution >= 4 is 16.8 Å². The fourth-order valence-corrected chi connectivity index (χ4v) is 3.59. The van der Waals surface area contributed by atoms with E-state index in [1.165, 1.54) is 0 Å². The summed E-state index contributed by atoms with van der Waals surface area (Å²) < 4.78 is 22.9. The quantitative estimate of drug-likeness (QED) is 0.780. The van der Waals surface area contributed by atoms with E-state index in [4.69, 9.17) is 9.47 Å². The molecule has 4 nitrogen and oxygen atoms in total. The molecule has 1 aliphatic rings. The fraction of sp³-hybridized carbons (Fsp3) is 0.588. The molecular weight excluding hydrogens is 300 g/mol. The molecule has 0 radical (unpaired) electrons. The molecule has 5 heteroatoms. The van der Waals surface area contributed by atoms with Gasteiger partial charge in [0.15, 0.2) is 0 Å². The Morgan fingerprint density at radius 1 is 1.18 bits per heavy atom. The smallest absolute Gasteiger partial charge is 0.338 e. The molecule has 1 fully saturated rings. The molecule has 1 aromatic carbocycles. The van der Waals surface area contributed by atoms with E-state index in [0.29, 0.717) is 5.56 Å². The molecule has 0 bridgehead atoms. The third-order valence-corrected chi connectivity index (χ3v) is 5.53. The number of ether oxygens (including phenoxy) is 2. The number of methoxy groups -OCH3 is 1. The van der Waals surface area contributed by atoms with Gasteiger partial charge in [0.05, 0.1) is 22.5 Å². The summed E-state index contributed by atoms with van der Waals surface area (Å²) >= 11 is 0. The molecule has 0 spiro atoms. The van der Waals surface area contributed by atoms with Crippen molar-refractivity contribution in [1.29, 1.82) is 0 Å². The van der Waals surface area contributed by atoms with Gasteiger partial charge in [-0.3, -0.25) is 4.21 Å². The first-order chi connectivity index (χ1) is 10.5. The summed E-state index contributed by atoms with van der Waals surface area (Å²) in [4.78, 5) is 12.9. The Morgan fingerprint density at radius 3 is 2.41 bits per heavy atom. The highest BCUT2D eigenvalue weighted by Gasteiger charge is 2.25. The van der Waals surface area contributed by atoms with Crippen molar-refractivity contribution in [2.24, 2.45) is 0 Å². The number of carbonyl (C=O) groups is 1. The van der Waals surface area contributed by atoms with Crippen molar-refractivity contribution < 1.29 is 18.5 Å². The molecule has 0 aliphatic heterocycles. The molecule has 1 aliphatic carbocycles. The summed E-state index contributed by atoms with van der Waals surface area (Å²) in [5.41, 5.74) is 0.504. The van der Waals surface area contributed by atoms with Gasteiger partial charge in [0.25, 0.3) is 0 Å². The van der Waals surface area contributed by atoms with E-state index in [1.54, 1.807) is 31.4 Å². The molecule has 22 heavy (non-hydrogen) atoms. The fourth-order valence-electron chi connectivity index (χ4n) is 2.64. The average Bonchev–Trinajstić information content (AvgIpc) is 2.54. The second kappa shape index (κ2) is 7.88. The van der Waals surface area contributed by atoms with Crippen LogP contribution in [0, 0.1) is 0 Å². The van der Waals surface area contributed by atoms with Crippen LogP contribution in [0.2, 0.25) is 0 Å². The number of hydrogen-bond donors (Lipinski definition) is 0. The number of benzene rings is 1. The lowest BCUT2D eigenvalue weighted by Crippen LogP contribution is -2.29. The Morgan fingerprint density at radius 2 is 1.82 bits per heavy atom. The minimum absolute atomic E-state index is 0.0611. The Hall–Kier alpha value is -1.20. The molecule has 1 saturated carbocycles. The third-order valence-electron chi connectivity index (χ3n) is 3.94. The Kier molecular flexibility index (Phi) is 6.15. The van der Waals surface area contributed by atoms with Gasteiger partial charge in [-0.15, -0.1) is 0 Å². The zero-order chi connectivity index (χ0) is 16.1. The SMILES string of the molecule is CO[C@@H]1CCC[C@H](OC(=O)c2ccc([S@@](=O)C(C)C)cc2)C1. The highest BCUT2D eigenvalue weighted by atomic mass is 32.2. The highest BCUT2D eigenvalue weighted by Crippen LogP contribution is 2.24. The van der Waals surface area contributed by atoms with Crippen LogP contribution in [0.1, 0.15) is 49.9 Å². The number of esters is 1. The van der Waals surface area contributed by atoms with Gasteiger partial charge in [0.2, 0.25) is 0 Å². The molecule has 2 rings (SSSR count). The van der Waals surface area contributed by atoms with Crippen molar-refractivity contribution in [3.8, 4) is 0 Å². The van der Waals surface area contributed by atoms with E-state index in [9.17, 15) is 9.00 Å². The van der Waals surface area contributed by atoms with Crippen LogP contribution < -0.4 is 0 Å². The summed E-state index contributed by atoms with van der Waals surface area (Å²) in [6.45, 7) is 3.82. The largest absolute Gasteiger partial charge is 0.459 e. The first kappa shape index (κ1) is 17.2. The minimum Gasteiger partial charge on any atom is -0.459 e. The van der Waals surface area contributed by atoms with Crippen LogP contribution in [-0.4, -0.2) is 34.7 Å². The molecule has 0 aromatic heterocycles. The van der Waals surface area contributed by atoms with Crippen molar-refractivity contribution in [3.05, 3.63) is 29.8 Å². The number of hydrogen-bond acceptors (Lipinski definition) is 4. The standard InChI is InChI=1S/C17H24O4S/c1-12(2)22(19)16-9-7-13(8-10-16)17(18)21-15-6-4-5-14(11-15)20-3/h7-10,12,14-15H,4-6,11H2,1-3H3/t14-,15+,22+/m1/s1. The molecule has 122 valence electrons. The lowest BCUT2D eigenvalue weighted by molar-refractivity contribution is -0.0149. The third kappa shape index (κ3) is 4.40. The van der Waals surface area contributed by atoms with Crippen LogP contribution >= 0.6 is 0 Å². The van der Waals surface area contributed by atoms with Crippen LogP contribution in [0.25, 0.3) is 0 Å². The number of rotatable bonds is 5. The summed E-state index contributed by atoms with van der Waals surface area (Å²) in [6.07, 6.45) is 3.81. The van der Waals surface area contributed by atoms with E-state index >= 15 is 0 Å². The van der Waals surface area contributed by atoms with Gasteiger partial charge >= 0.3 is 5.97 Å². The maximum absolute atomic E-state index is 12.2. The van der Waals surface area contributed by atoms with Gasteiger partial charge in [-0.2, -0.15) is 0 Å². The van der Waals surface area contributed by atoms with E-state index in [1.807, 2.05) is 13.8 Å². The summed E-state index contributed by atoms with van der Waals surface area (Å²) in [6, 6.07) is 6.86. The molecule has 3 atom stereocenters. The maximum Gasteiger partial charge on any atom is 0.338 e. The van der Waals surface area contributed by atoms with Gasteiger partial charge in [0.1, 0.15) is 6.10 Å². The maximum atomic E-state index is 12.2. The molecule has 1 aromatic rings. The zero-order valence-corrected chi connectivity index (χ0v) is 14.2. The predicted octanol–water partition coefficient (Wildman–Crippen LogP) is 3.32. The monoisotopic (exact) mass is 324 g/mol. The van der Waals surface area contributed by atoms with Crippen LogP contribution in [0.5, 0.6) is 0 Å². The zero-order valence-electron chi connectivity index (χ0n) is 13.4. The second-order valence-corrected chi connectivity index (χ2v) is 7.93. The second-order valence-electron chi connectivity index (χ2n) is 5.92. The molecule has 0 N–H and O–H groups in total. The normalized spacial score (nSPS) is 23.3. The topological polar surface area (TPSA) is 52.6 Å². The Labute approximate surface area is 134 Å². The predicted molar refractivity (Wildman–Crippen MR) is 86.5 cm³/mol. The summed E-state index contributed by atoms with van der Waals surface area (Å²) in [5, 5.41) is 0.0611. The molecule has 0 amide bonds. The van der Waals surface area contributed by atoms with Crippen LogP contribution in [0.3, 0.4) is 0 Å². The summed E-state index contributed by atoms with van der Waals surface area (Å²) in [7, 11) is 0.659. The van der Waals surface area contributed by atoms with Crippen molar-refractivity contribution in [2.75, 3.05) is 7.11 Å². The van der Waals surface area contributed by atoms with Crippen LogP contribution in [0.4, 0.5) is 0 Å². The van der Waals surface area contributed by atoms with Gasteiger partial charge < -0.3 is 9.47 Å². The Balaban J connectivity index is 1.96. The van der Waals surface area contributed by atoms with Crippen molar-refractivity contribution in [3.63, 3.8) is 0 Å². The summed E-state index contributed by atoms with van der Waals surface area (Å²) in [5.74, 6) is -0.316. The van der Waals surface area contributed by atoms with Gasteiger partial charge in [-0.25, -0.2) is 4.79 Å². The van der Waals surface area contributed by atoms with Crippen LogP contribution in [0.15, 0.2) is 29.2 Å². The van der Waals surface area contributed by atoms with Gasteiger partial charge in [0, 0.05) is 23.7 Å². The van der Waals surface area contributed by atoms with Crippen molar-refractivity contribution in [2.45, 2.75) is 61.9 Å². The van der Waals surface area contributed by atoms with Gasteiger partial charge in [-0.1, -0.05) is 13.8 Å². The first-order valence-electron chi connectivity index (χ1n) is 7.75. The number of carbonyl (C=O) groups excluding carboxylic acids is 1. The van der Waals surface area contributed by atoms with E-state index < -0.39 is 10.8 Å². The van der Waals surface area contributed by atoms with E-state index in [2.05, 4.69) is 0 Å². The molecule has 0 saturated heterocycles. The molecule has 0 unspecified atom stereocenters. The molecule has 0 heterocycles. The van der Waals surface area contributed by atoms with Crippen LogP contribution in [-0.2, 0) is 20.3 Å². The highest BCUT2D eigenvalue weighted by molar-refractivity contribution is 7.85. The average molecular weight is 324 g/mol. The Bertz CT molecular complexity index is 524. The van der Waals surface area contributed by atoms with E-state index in [0.717, 1.165) is 30.6 Å². The molecular formula is C17H24O4S. The van der Waals surface area contributed by atoms with Gasteiger partial charge in [-0.05, 0) is 43.5 Å². The lowest BCUT2D eigenvalue weighted by atomic mass is 9.95. The van der Waals surface area contributed by atoms with Crippen molar-refractivity contribution in [1.82, 2.24) is 0 Å². The van der Waals surface area contributed by atoms with E-state index in [-0.39, 0.29) is 23.4 Å².